The molecule has 4 nitrogen and oxygen atoms in total. The molecule has 0 bridgehead atoms. The number of carbonyl (C=O) groups excluding carboxylic acids is 2. The molecule has 132 valence electrons. The van der Waals surface area contributed by atoms with Crippen LogP contribution < -0.4 is 5.32 Å². The molecular weight excluding hydrogens is 355 g/mol. The van der Waals surface area contributed by atoms with Gasteiger partial charge in [-0.15, -0.1) is 6.58 Å². The molecule has 3 rings (SSSR count). The number of rotatable bonds is 5. The quantitative estimate of drug-likeness (QED) is 0.635. The van der Waals surface area contributed by atoms with E-state index in [4.69, 9.17) is 11.6 Å². The van der Waals surface area contributed by atoms with Crippen molar-refractivity contribution in [1.29, 1.82) is 0 Å². The van der Waals surface area contributed by atoms with Crippen LogP contribution in [0, 0.1) is 12.7 Å². The Labute approximate surface area is 155 Å². The molecule has 0 radical (unpaired) electrons. The van der Waals surface area contributed by atoms with E-state index >= 15 is 0 Å². The first-order valence-corrected chi connectivity index (χ1v) is 8.30. The molecule has 2 aromatic carbocycles. The summed E-state index contributed by atoms with van der Waals surface area (Å²) in [4.78, 5) is 26.6. The summed E-state index contributed by atoms with van der Waals surface area (Å²) in [6, 6.07) is 10.7. The van der Waals surface area contributed by atoms with E-state index in [1.54, 1.807) is 12.1 Å². The number of carbonyl (C=O) groups is 2. The number of imide groups is 1. The molecule has 0 fully saturated rings. The second-order valence-corrected chi connectivity index (χ2v) is 6.26. The monoisotopic (exact) mass is 370 g/mol. The van der Waals surface area contributed by atoms with Crippen molar-refractivity contribution in [1.82, 2.24) is 4.90 Å². The van der Waals surface area contributed by atoms with Gasteiger partial charge in [0.1, 0.15) is 11.5 Å². The molecule has 0 saturated carbocycles. The second kappa shape index (κ2) is 7.14. The van der Waals surface area contributed by atoms with Crippen LogP contribution >= 0.6 is 11.6 Å². The van der Waals surface area contributed by atoms with Gasteiger partial charge in [-0.25, -0.2) is 4.39 Å². The molecular formula is C20H16ClFN2O2. The number of anilines is 1. The summed E-state index contributed by atoms with van der Waals surface area (Å²) in [6.45, 7) is 5.53. The zero-order valence-electron chi connectivity index (χ0n) is 14.1. The number of halogens is 2. The molecule has 2 amide bonds. The van der Waals surface area contributed by atoms with E-state index in [0.717, 1.165) is 10.5 Å². The second-order valence-electron chi connectivity index (χ2n) is 5.86. The summed E-state index contributed by atoms with van der Waals surface area (Å²) in [7, 11) is 0. The Kier molecular flexibility index (Phi) is 4.91. The summed E-state index contributed by atoms with van der Waals surface area (Å²) in [5.41, 5.74) is 2.25. The lowest BCUT2D eigenvalue weighted by molar-refractivity contribution is -0.136. The third kappa shape index (κ3) is 3.26. The van der Waals surface area contributed by atoms with Gasteiger partial charge in [0.2, 0.25) is 0 Å². The smallest absolute Gasteiger partial charge is 0.278 e. The lowest BCUT2D eigenvalue weighted by atomic mass is 10.0. The van der Waals surface area contributed by atoms with Crippen LogP contribution in [0.5, 0.6) is 0 Å². The highest BCUT2D eigenvalue weighted by Gasteiger charge is 2.38. The Morgan fingerprint density at radius 2 is 1.85 bits per heavy atom. The van der Waals surface area contributed by atoms with Crippen molar-refractivity contribution in [3.05, 3.63) is 82.8 Å². The van der Waals surface area contributed by atoms with Crippen LogP contribution in [-0.2, 0) is 9.59 Å². The van der Waals surface area contributed by atoms with Crippen molar-refractivity contribution < 1.29 is 14.0 Å². The lowest BCUT2D eigenvalue weighted by Crippen LogP contribution is -2.32. The number of nitrogens with zero attached hydrogens (tertiary/aromatic N) is 1. The number of hydrogen-bond acceptors (Lipinski definition) is 3. The molecule has 26 heavy (non-hydrogen) atoms. The van der Waals surface area contributed by atoms with Crippen molar-refractivity contribution in [3.63, 3.8) is 0 Å². The van der Waals surface area contributed by atoms with Gasteiger partial charge < -0.3 is 5.32 Å². The van der Waals surface area contributed by atoms with E-state index in [2.05, 4.69) is 11.9 Å². The lowest BCUT2D eigenvalue weighted by Gasteiger charge is -2.12. The predicted molar refractivity (Wildman–Crippen MR) is 100 cm³/mol. The average molecular weight is 371 g/mol. The molecule has 0 unspecified atom stereocenters. The molecule has 0 spiro atoms. The maximum atomic E-state index is 13.2. The fraction of sp³-hybridized carbons (Fsp3) is 0.100. The Balaban J connectivity index is 2.08. The largest absolute Gasteiger partial charge is 0.350 e. The molecule has 1 aliphatic heterocycles. The maximum Gasteiger partial charge on any atom is 0.278 e. The molecule has 2 aromatic rings. The molecule has 1 aliphatic rings. The number of aryl methyl sites for hydroxylation is 1. The molecule has 0 aromatic heterocycles. The molecule has 0 aliphatic carbocycles. The Morgan fingerprint density at radius 1 is 1.15 bits per heavy atom. The van der Waals surface area contributed by atoms with Gasteiger partial charge in [0.15, 0.2) is 0 Å². The molecule has 0 atom stereocenters. The van der Waals surface area contributed by atoms with Crippen molar-refractivity contribution in [2.24, 2.45) is 0 Å². The Hall–Kier alpha value is -2.92. The van der Waals surface area contributed by atoms with Crippen LogP contribution in [0.25, 0.3) is 5.57 Å². The fourth-order valence-electron chi connectivity index (χ4n) is 2.69. The van der Waals surface area contributed by atoms with E-state index in [-0.39, 0.29) is 17.8 Å². The minimum Gasteiger partial charge on any atom is -0.350 e. The standard InChI is InChI=1S/C20H16ClFN2O2/c1-3-10-24-19(25)17(13-5-7-14(22)8-6-13)18(20(24)26)23-15-9-4-12(2)16(21)11-15/h3-9,11,23H,1,10H2,2H3. The van der Waals surface area contributed by atoms with Gasteiger partial charge >= 0.3 is 0 Å². The van der Waals surface area contributed by atoms with Crippen LogP contribution in [0.3, 0.4) is 0 Å². The molecule has 1 heterocycles. The van der Waals surface area contributed by atoms with Crippen LogP contribution in [-0.4, -0.2) is 23.3 Å². The first-order valence-electron chi connectivity index (χ1n) is 7.93. The average Bonchev–Trinajstić information content (AvgIpc) is 2.84. The minimum absolute atomic E-state index is 0.0855. The van der Waals surface area contributed by atoms with Crippen molar-refractivity contribution >= 4 is 34.7 Å². The fourth-order valence-corrected chi connectivity index (χ4v) is 2.87. The van der Waals surface area contributed by atoms with Gasteiger partial charge in [0.05, 0.1) is 5.57 Å². The van der Waals surface area contributed by atoms with Crippen LogP contribution in [0.15, 0.2) is 60.8 Å². The van der Waals surface area contributed by atoms with E-state index in [1.165, 1.54) is 30.3 Å². The van der Waals surface area contributed by atoms with Crippen LogP contribution in [0.4, 0.5) is 10.1 Å². The van der Waals surface area contributed by atoms with E-state index in [1.807, 2.05) is 13.0 Å². The normalized spacial score (nSPS) is 14.2. The van der Waals surface area contributed by atoms with Gasteiger partial charge in [-0.3, -0.25) is 14.5 Å². The Bertz CT molecular complexity index is 935. The first kappa shape index (κ1) is 17.9. The van der Waals surface area contributed by atoms with Gasteiger partial charge in [0, 0.05) is 17.3 Å². The SMILES string of the molecule is C=CCN1C(=O)C(Nc2ccc(C)c(Cl)c2)=C(c2ccc(F)cc2)C1=O. The van der Waals surface area contributed by atoms with Crippen LogP contribution in [0.2, 0.25) is 5.02 Å². The summed E-state index contributed by atoms with van der Waals surface area (Å²) in [6.07, 6.45) is 1.48. The van der Waals surface area contributed by atoms with Gasteiger partial charge in [-0.2, -0.15) is 0 Å². The third-order valence-corrected chi connectivity index (χ3v) is 4.46. The van der Waals surface area contributed by atoms with E-state index < -0.39 is 17.6 Å². The highest BCUT2D eigenvalue weighted by molar-refractivity contribution is 6.36. The van der Waals surface area contributed by atoms with Crippen molar-refractivity contribution in [2.45, 2.75) is 6.92 Å². The van der Waals surface area contributed by atoms with E-state index in [9.17, 15) is 14.0 Å². The summed E-state index contributed by atoms with van der Waals surface area (Å²) in [5, 5.41) is 3.54. The minimum atomic E-state index is -0.467. The number of amides is 2. The molecule has 6 heteroatoms. The third-order valence-electron chi connectivity index (χ3n) is 4.05. The van der Waals surface area contributed by atoms with Gasteiger partial charge in [-0.05, 0) is 42.3 Å². The summed E-state index contributed by atoms with van der Waals surface area (Å²) < 4.78 is 13.2. The van der Waals surface area contributed by atoms with Gasteiger partial charge in [-0.1, -0.05) is 35.9 Å². The highest BCUT2D eigenvalue weighted by Crippen LogP contribution is 2.31. The first-order chi connectivity index (χ1) is 12.4. The zero-order chi connectivity index (χ0) is 18.8. The number of nitrogens with one attached hydrogen (secondary N) is 1. The zero-order valence-corrected chi connectivity index (χ0v) is 14.8. The summed E-state index contributed by atoms with van der Waals surface area (Å²) in [5.74, 6) is -1.35. The van der Waals surface area contributed by atoms with Crippen LogP contribution in [0.1, 0.15) is 11.1 Å². The highest BCUT2D eigenvalue weighted by atomic mass is 35.5. The number of hydrogen-bond donors (Lipinski definition) is 1. The number of benzene rings is 2. The van der Waals surface area contributed by atoms with E-state index in [0.29, 0.717) is 16.3 Å². The molecule has 1 N–H and O–H groups in total. The Morgan fingerprint density at radius 3 is 2.46 bits per heavy atom. The maximum absolute atomic E-state index is 13.2. The van der Waals surface area contributed by atoms with Crippen molar-refractivity contribution in [3.8, 4) is 0 Å². The topological polar surface area (TPSA) is 49.4 Å². The van der Waals surface area contributed by atoms with Crippen molar-refractivity contribution in [2.75, 3.05) is 11.9 Å². The predicted octanol–water partition coefficient (Wildman–Crippen LogP) is 4.17. The molecule has 0 saturated heterocycles. The van der Waals surface area contributed by atoms with Gasteiger partial charge in [0.25, 0.3) is 11.8 Å². The summed E-state index contributed by atoms with van der Waals surface area (Å²) >= 11 is 6.14.